The van der Waals surface area contributed by atoms with Gasteiger partial charge in [-0.15, -0.1) is 0 Å². The van der Waals surface area contributed by atoms with Crippen molar-refractivity contribution in [2.75, 3.05) is 0 Å². The van der Waals surface area contributed by atoms with E-state index in [4.69, 9.17) is 0 Å². The fourth-order valence-corrected chi connectivity index (χ4v) is 3.16. The van der Waals surface area contributed by atoms with Crippen LogP contribution in [0.15, 0.2) is 66.7 Å². The van der Waals surface area contributed by atoms with Crippen LogP contribution >= 0.6 is 0 Å². The number of ketones is 1. The van der Waals surface area contributed by atoms with Crippen LogP contribution < -0.4 is 0 Å². The molecule has 1 aliphatic rings. The highest BCUT2D eigenvalue weighted by molar-refractivity contribution is 5.98. The average Bonchev–Trinajstić information content (AvgIpc) is 3.02. The van der Waals surface area contributed by atoms with E-state index in [1.165, 1.54) is 5.56 Å². The van der Waals surface area contributed by atoms with Crippen molar-refractivity contribution < 1.29 is 4.79 Å². The van der Waals surface area contributed by atoms with Crippen LogP contribution in [-0.2, 0) is 0 Å². The first-order chi connectivity index (χ1) is 10.3. The Hall–Kier alpha value is -2.15. The highest BCUT2D eigenvalue weighted by Crippen LogP contribution is 2.35. The van der Waals surface area contributed by atoms with Crippen LogP contribution in [0, 0.1) is 11.8 Å². The standard InChI is InChI=1S/C20H20O/c21-20(18-10-5-2-6-11-18)19-13-7-12-17(19)15-14-16-8-3-1-4-9-16/h1-6,8-11,14-15,17,19H,7,12-13H2/b15-14+/t17-,19+/m1/s1. The molecule has 0 radical (unpaired) electrons. The minimum Gasteiger partial charge on any atom is -0.294 e. The van der Waals surface area contributed by atoms with E-state index in [1.807, 2.05) is 48.5 Å². The molecule has 0 heterocycles. The molecule has 2 atom stereocenters. The predicted octanol–water partition coefficient (Wildman–Crippen LogP) is 5.00. The Balaban J connectivity index is 1.74. The molecule has 0 spiro atoms. The van der Waals surface area contributed by atoms with Crippen LogP contribution in [0.2, 0.25) is 0 Å². The summed E-state index contributed by atoms with van der Waals surface area (Å²) in [6.45, 7) is 0. The third-order valence-electron chi connectivity index (χ3n) is 4.30. The Bertz CT molecular complexity index is 613. The van der Waals surface area contributed by atoms with Crippen molar-refractivity contribution in [1.82, 2.24) is 0 Å². The lowest BCUT2D eigenvalue weighted by Gasteiger charge is -2.15. The summed E-state index contributed by atoms with van der Waals surface area (Å²) in [5.41, 5.74) is 2.05. The molecule has 0 aliphatic heterocycles. The summed E-state index contributed by atoms with van der Waals surface area (Å²) in [6.07, 6.45) is 7.66. The summed E-state index contributed by atoms with van der Waals surface area (Å²) in [4.78, 5) is 12.6. The van der Waals surface area contributed by atoms with Crippen molar-refractivity contribution in [2.45, 2.75) is 19.3 Å². The maximum absolute atomic E-state index is 12.6. The molecule has 0 unspecified atom stereocenters. The molecule has 1 aliphatic carbocycles. The normalized spacial score (nSPS) is 21.7. The van der Waals surface area contributed by atoms with Crippen LogP contribution in [0.3, 0.4) is 0 Å². The Morgan fingerprint density at radius 1 is 0.905 bits per heavy atom. The van der Waals surface area contributed by atoms with E-state index in [9.17, 15) is 4.79 Å². The van der Waals surface area contributed by atoms with Gasteiger partial charge < -0.3 is 0 Å². The molecule has 106 valence electrons. The molecule has 1 heteroatoms. The molecular weight excluding hydrogens is 256 g/mol. The third kappa shape index (κ3) is 3.30. The topological polar surface area (TPSA) is 17.1 Å². The van der Waals surface area contributed by atoms with Gasteiger partial charge in [0.05, 0.1) is 0 Å². The van der Waals surface area contributed by atoms with Crippen LogP contribution in [0.25, 0.3) is 6.08 Å². The zero-order valence-electron chi connectivity index (χ0n) is 12.1. The molecule has 0 bridgehead atoms. The molecule has 2 aromatic carbocycles. The maximum atomic E-state index is 12.6. The molecule has 0 saturated heterocycles. The Morgan fingerprint density at radius 2 is 1.57 bits per heavy atom. The number of rotatable bonds is 4. The minimum absolute atomic E-state index is 0.146. The number of hydrogen-bond acceptors (Lipinski definition) is 1. The van der Waals surface area contributed by atoms with E-state index in [0.717, 1.165) is 24.8 Å². The second-order valence-electron chi connectivity index (χ2n) is 5.70. The zero-order valence-corrected chi connectivity index (χ0v) is 12.1. The Labute approximate surface area is 126 Å². The van der Waals surface area contributed by atoms with E-state index in [-0.39, 0.29) is 5.92 Å². The number of hydrogen-bond donors (Lipinski definition) is 0. The van der Waals surface area contributed by atoms with Gasteiger partial charge in [0.1, 0.15) is 0 Å². The number of carbonyl (C=O) groups is 1. The second-order valence-corrected chi connectivity index (χ2v) is 5.70. The lowest BCUT2D eigenvalue weighted by Crippen LogP contribution is -2.17. The summed E-state index contributed by atoms with van der Waals surface area (Å²) in [7, 11) is 0. The predicted molar refractivity (Wildman–Crippen MR) is 87.1 cm³/mol. The van der Waals surface area contributed by atoms with Crippen molar-refractivity contribution in [3.63, 3.8) is 0 Å². The smallest absolute Gasteiger partial charge is 0.166 e. The van der Waals surface area contributed by atoms with Gasteiger partial charge in [-0.25, -0.2) is 0 Å². The highest BCUT2D eigenvalue weighted by atomic mass is 16.1. The summed E-state index contributed by atoms with van der Waals surface area (Å²) in [5.74, 6) is 0.820. The van der Waals surface area contributed by atoms with Crippen LogP contribution in [0.1, 0.15) is 35.2 Å². The lowest BCUT2D eigenvalue weighted by molar-refractivity contribution is 0.0905. The third-order valence-corrected chi connectivity index (χ3v) is 4.30. The fourth-order valence-electron chi connectivity index (χ4n) is 3.16. The molecule has 0 amide bonds. The van der Waals surface area contributed by atoms with Crippen molar-refractivity contribution in [3.8, 4) is 0 Å². The van der Waals surface area contributed by atoms with Crippen molar-refractivity contribution in [2.24, 2.45) is 11.8 Å². The molecule has 3 rings (SSSR count). The van der Waals surface area contributed by atoms with Crippen LogP contribution in [0.5, 0.6) is 0 Å². The van der Waals surface area contributed by atoms with Gasteiger partial charge in [-0.1, -0.05) is 79.2 Å². The molecule has 1 nitrogen and oxygen atoms in total. The number of Topliss-reactive ketones (excluding diaryl/α,β-unsaturated/α-hetero) is 1. The number of allylic oxidation sites excluding steroid dienone is 1. The van der Waals surface area contributed by atoms with Gasteiger partial charge in [-0.3, -0.25) is 4.79 Å². The summed E-state index contributed by atoms with van der Waals surface area (Å²) < 4.78 is 0. The van der Waals surface area contributed by atoms with Gasteiger partial charge in [0.2, 0.25) is 0 Å². The largest absolute Gasteiger partial charge is 0.294 e. The van der Waals surface area contributed by atoms with Crippen molar-refractivity contribution in [1.29, 1.82) is 0 Å². The zero-order chi connectivity index (χ0) is 14.5. The second kappa shape index (κ2) is 6.53. The lowest BCUT2D eigenvalue weighted by atomic mass is 9.88. The molecule has 1 fully saturated rings. The van der Waals surface area contributed by atoms with Gasteiger partial charge in [0.25, 0.3) is 0 Å². The summed E-state index contributed by atoms with van der Waals surface area (Å²) >= 11 is 0. The van der Waals surface area contributed by atoms with Crippen LogP contribution in [-0.4, -0.2) is 5.78 Å². The molecule has 2 aromatic rings. The number of benzene rings is 2. The van der Waals surface area contributed by atoms with E-state index < -0.39 is 0 Å². The van der Waals surface area contributed by atoms with E-state index in [1.54, 1.807) is 0 Å². The molecule has 21 heavy (non-hydrogen) atoms. The maximum Gasteiger partial charge on any atom is 0.166 e. The first-order valence-corrected chi connectivity index (χ1v) is 7.67. The first-order valence-electron chi connectivity index (χ1n) is 7.67. The van der Waals surface area contributed by atoms with Gasteiger partial charge in [-0.2, -0.15) is 0 Å². The average molecular weight is 276 g/mol. The van der Waals surface area contributed by atoms with E-state index in [0.29, 0.717) is 11.7 Å². The summed E-state index contributed by atoms with van der Waals surface area (Å²) in [6, 6.07) is 20.0. The van der Waals surface area contributed by atoms with Gasteiger partial charge in [-0.05, 0) is 24.3 Å². The van der Waals surface area contributed by atoms with Gasteiger partial charge in [0.15, 0.2) is 5.78 Å². The highest BCUT2D eigenvalue weighted by Gasteiger charge is 2.31. The monoisotopic (exact) mass is 276 g/mol. The molecule has 1 saturated carbocycles. The first kappa shape index (κ1) is 13.8. The molecular formula is C20H20O. The molecule has 0 aromatic heterocycles. The van der Waals surface area contributed by atoms with Crippen LogP contribution in [0.4, 0.5) is 0 Å². The van der Waals surface area contributed by atoms with Gasteiger partial charge in [0, 0.05) is 11.5 Å². The van der Waals surface area contributed by atoms with E-state index >= 15 is 0 Å². The van der Waals surface area contributed by atoms with Crippen molar-refractivity contribution >= 4 is 11.9 Å². The van der Waals surface area contributed by atoms with Gasteiger partial charge >= 0.3 is 0 Å². The molecule has 0 N–H and O–H groups in total. The fraction of sp³-hybridized carbons (Fsp3) is 0.250. The number of carbonyl (C=O) groups excluding carboxylic acids is 1. The quantitative estimate of drug-likeness (QED) is 0.718. The SMILES string of the molecule is O=C(c1ccccc1)[C@H]1CCC[C@@H]1/C=C/c1ccccc1. The summed E-state index contributed by atoms with van der Waals surface area (Å²) in [5, 5.41) is 0. The van der Waals surface area contributed by atoms with E-state index in [2.05, 4.69) is 24.3 Å². The Kier molecular flexibility index (Phi) is 4.30. The van der Waals surface area contributed by atoms with Crippen molar-refractivity contribution in [3.05, 3.63) is 77.9 Å². The Morgan fingerprint density at radius 3 is 2.29 bits per heavy atom. The minimum atomic E-state index is 0.146.